The van der Waals surface area contributed by atoms with E-state index >= 15 is 0 Å². The second-order valence-corrected chi connectivity index (χ2v) is 3.90. The van der Waals surface area contributed by atoms with Gasteiger partial charge in [0.1, 0.15) is 0 Å². The Hall–Kier alpha value is -0.770. The molecule has 1 saturated heterocycles. The molecule has 0 spiro atoms. The monoisotopic (exact) mass is 227 g/mol. The van der Waals surface area contributed by atoms with Gasteiger partial charge >= 0.3 is 0 Å². The van der Waals surface area contributed by atoms with Crippen molar-refractivity contribution >= 4 is 17.3 Å². The minimum Gasteiger partial charge on any atom is -0.392 e. The highest BCUT2D eigenvalue weighted by atomic mass is 35.5. The highest BCUT2D eigenvalue weighted by molar-refractivity contribution is 6.31. The second kappa shape index (κ2) is 4.84. The molecule has 15 heavy (non-hydrogen) atoms. The number of aliphatic hydroxyl groups is 1. The Kier molecular flexibility index (Phi) is 3.46. The maximum atomic E-state index is 9.29. The number of ether oxygens (including phenoxy) is 1. The number of rotatable bonds is 2. The highest BCUT2D eigenvalue weighted by Crippen LogP contribution is 2.27. The topological polar surface area (TPSA) is 32.7 Å². The summed E-state index contributed by atoms with van der Waals surface area (Å²) in [5.41, 5.74) is 1.83. The second-order valence-electron chi connectivity index (χ2n) is 3.50. The summed E-state index contributed by atoms with van der Waals surface area (Å²) in [5.74, 6) is 0. The Morgan fingerprint density at radius 3 is 2.73 bits per heavy atom. The lowest BCUT2D eigenvalue weighted by molar-refractivity contribution is 0.122. The molecular formula is C11H14ClNO2. The number of hydrogen-bond acceptors (Lipinski definition) is 3. The van der Waals surface area contributed by atoms with Gasteiger partial charge in [-0.05, 0) is 12.1 Å². The van der Waals surface area contributed by atoms with Crippen LogP contribution in [0.2, 0.25) is 5.02 Å². The molecule has 1 N–H and O–H groups in total. The smallest absolute Gasteiger partial charge is 0.0716 e. The largest absolute Gasteiger partial charge is 0.392 e. The van der Waals surface area contributed by atoms with Gasteiger partial charge in [-0.25, -0.2) is 0 Å². The summed E-state index contributed by atoms with van der Waals surface area (Å²) in [6.45, 7) is 3.15. The third kappa shape index (κ3) is 2.25. The summed E-state index contributed by atoms with van der Waals surface area (Å²) in [7, 11) is 0. The first-order chi connectivity index (χ1) is 7.33. The Balaban J connectivity index is 2.29. The molecule has 1 fully saturated rings. The van der Waals surface area contributed by atoms with Gasteiger partial charge in [0.2, 0.25) is 0 Å². The van der Waals surface area contributed by atoms with E-state index in [1.54, 1.807) is 6.07 Å². The number of aliphatic hydroxyl groups excluding tert-OH is 1. The minimum atomic E-state index is -0.0215. The van der Waals surface area contributed by atoms with Gasteiger partial charge in [-0.2, -0.15) is 0 Å². The van der Waals surface area contributed by atoms with Crippen LogP contribution in [0.1, 0.15) is 5.56 Å². The fourth-order valence-corrected chi connectivity index (χ4v) is 2.03. The summed E-state index contributed by atoms with van der Waals surface area (Å²) in [5, 5.41) is 9.91. The van der Waals surface area contributed by atoms with Gasteiger partial charge < -0.3 is 14.7 Å². The van der Waals surface area contributed by atoms with Gasteiger partial charge in [0, 0.05) is 29.4 Å². The van der Waals surface area contributed by atoms with Crippen LogP contribution in [-0.4, -0.2) is 31.4 Å². The first kappa shape index (κ1) is 10.7. The third-order valence-corrected chi connectivity index (χ3v) is 2.96. The van der Waals surface area contributed by atoms with Crippen molar-refractivity contribution in [2.75, 3.05) is 31.2 Å². The molecule has 1 aromatic carbocycles. The van der Waals surface area contributed by atoms with Crippen molar-refractivity contribution in [3.05, 3.63) is 28.8 Å². The van der Waals surface area contributed by atoms with E-state index in [0.29, 0.717) is 5.02 Å². The lowest BCUT2D eigenvalue weighted by atomic mass is 10.1. The number of nitrogens with zero attached hydrogens (tertiary/aromatic N) is 1. The van der Waals surface area contributed by atoms with Crippen molar-refractivity contribution in [2.24, 2.45) is 0 Å². The molecule has 4 heteroatoms. The van der Waals surface area contributed by atoms with Crippen LogP contribution < -0.4 is 4.90 Å². The van der Waals surface area contributed by atoms with E-state index in [-0.39, 0.29) is 6.61 Å². The zero-order valence-electron chi connectivity index (χ0n) is 8.45. The molecule has 0 aliphatic carbocycles. The molecule has 0 unspecified atom stereocenters. The van der Waals surface area contributed by atoms with Crippen LogP contribution >= 0.6 is 11.6 Å². The van der Waals surface area contributed by atoms with E-state index in [1.807, 2.05) is 12.1 Å². The van der Waals surface area contributed by atoms with Gasteiger partial charge in [0.05, 0.1) is 19.8 Å². The van der Waals surface area contributed by atoms with Gasteiger partial charge in [0.25, 0.3) is 0 Å². The molecule has 0 atom stereocenters. The molecule has 2 rings (SSSR count). The van der Waals surface area contributed by atoms with Crippen molar-refractivity contribution in [3.63, 3.8) is 0 Å². The Morgan fingerprint density at radius 1 is 1.33 bits per heavy atom. The number of benzene rings is 1. The number of hydrogen-bond donors (Lipinski definition) is 1. The average molecular weight is 228 g/mol. The van der Waals surface area contributed by atoms with Crippen molar-refractivity contribution in [1.29, 1.82) is 0 Å². The van der Waals surface area contributed by atoms with Gasteiger partial charge in [0.15, 0.2) is 0 Å². The van der Waals surface area contributed by atoms with Gasteiger partial charge in [-0.1, -0.05) is 17.7 Å². The minimum absolute atomic E-state index is 0.0215. The molecule has 82 valence electrons. The van der Waals surface area contributed by atoms with Crippen LogP contribution in [0.15, 0.2) is 18.2 Å². The summed E-state index contributed by atoms with van der Waals surface area (Å²) < 4.78 is 5.29. The van der Waals surface area contributed by atoms with E-state index in [2.05, 4.69) is 4.90 Å². The number of morpholine rings is 1. The van der Waals surface area contributed by atoms with E-state index in [9.17, 15) is 5.11 Å². The van der Waals surface area contributed by atoms with Crippen LogP contribution in [-0.2, 0) is 11.3 Å². The van der Waals surface area contributed by atoms with Crippen molar-refractivity contribution in [3.8, 4) is 0 Å². The molecule has 3 nitrogen and oxygen atoms in total. The highest BCUT2D eigenvalue weighted by Gasteiger charge is 2.15. The maximum absolute atomic E-state index is 9.29. The van der Waals surface area contributed by atoms with Crippen molar-refractivity contribution < 1.29 is 9.84 Å². The molecular weight excluding hydrogens is 214 g/mol. The van der Waals surface area contributed by atoms with Crippen LogP contribution in [0.25, 0.3) is 0 Å². The lowest BCUT2D eigenvalue weighted by Crippen LogP contribution is -2.36. The van der Waals surface area contributed by atoms with Gasteiger partial charge in [-0.15, -0.1) is 0 Å². The van der Waals surface area contributed by atoms with E-state index in [1.165, 1.54) is 0 Å². The summed E-state index contributed by atoms with van der Waals surface area (Å²) >= 11 is 6.03. The molecule has 0 radical (unpaired) electrons. The molecule has 0 saturated carbocycles. The molecule has 1 aliphatic heterocycles. The predicted molar refractivity (Wildman–Crippen MR) is 60.4 cm³/mol. The molecule has 1 heterocycles. The first-order valence-electron chi connectivity index (χ1n) is 5.04. The summed E-state index contributed by atoms with van der Waals surface area (Å²) in [4.78, 5) is 2.20. The maximum Gasteiger partial charge on any atom is 0.0716 e. The summed E-state index contributed by atoms with van der Waals surface area (Å²) in [6, 6.07) is 5.70. The van der Waals surface area contributed by atoms with E-state index in [0.717, 1.165) is 37.6 Å². The van der Waals surface area contributed by atoms with Crippen LogP contribution in [0.4, 0.5) is 5.69 Å². The normalized spacial score (nSPS) is 16.8. The van der Waals surface area contributed by atoms with E-state index in [4.69, 9.17) is 16.3 Å². The zero-order valence-corrected chi connectivity index (χ0v) is 9.20. The fraction of sp³-hybridized carbons (Fsp3) is 0.455. The van der Waals surface area contributed by atoms with E-state index < -0.39 is 0 Å². The first-order valence-corrected chi connectivity index (χ1v) is 5.41. The SMILES string of the molecule is OCc1c(Cl)cccc1N1CCOCC1. The number of anilines is 1. The quantitative estimate of drug-likeness (QED) is 0.835. The van der Waals surface area contributed by atoms with Crippen LogP contribution in [0, 0.1) is 0 Å². The molecule has 0 bridgehead atoms. The average Bonchev–Trinajstić information content (AvgIpc) is 2.30. The fourth-order valence-electron chi connectivity index (χ4n) is 1.80. The standard InChI is InChI=1S/C11H14ClNO2/c12-10-2-1-3-11(9(10)8-14)13-4-6-15-7-5-13/h1-3,14H,4-8H2. The Morgan fingerprint density at radius 2 is 2.07 bits per heavy atom. The Bertz CT molecular complexity index is 337. The predicted octanol–water partition coefficient (Wildman–Crippen LogP) is 1.67. The molecule has 0 amide bonds. The lowest BCUT2D eigenvalue weighted by Gasteiger charge is -2.30. The van der Waals surface area contributed by atoms with Crippen LogP contribution in [0.3, 0.4) is 0 Å². The third-order valence-electron chi connectivity index (χ3n) is 2.60. The number of halogens is 1. The van der Waals surface area contributed by atoms with Gasteiger partial charge in [-0.3, -0.25) is 0 Å². The molecule has 0 aromatic heterocycles. The van der Waals surface area contributed by atoms with Crippen LogP contribution in [0.5, 0.6) is 0 Å². The van der Waals surface area contributed by atoms with Crippen molar-refractivity contribution in [1.82, 2.24) is 0 Å². The zero-order chi connectivity index (χ0) is 10.7. The molecule has 1 aromatic rings. The molecule has 1 aliphatic rings. The van der Waals surface area contributed by atoms with Crippen molar-refractivity contribution in [2.45, 2.75) is 6.61 Å². The Labute approximate surface area is 94.2 Å². The summed E-state index contributed by atoms with van der Waals surface area (Å²) in [6.07, 6.45) is 0.